The lowest BCUT2D eigenvalue weighted by atomic mass is 10.3. The van der Waals surface area contributed by atoms with E-state index in [1.807, 2.05) is 19.1 Å². The molecule has 0 atom stereocenters. The number of carbonyl (C=O) groups is 2. The fourth-order valence-electron chi connectivity index (χ4n) is 1.61. The fraction of sp³-hybridized carbons (Fsp3) is 0.538. The van der Waals surface area contributed by atoms with Crippen molar-refractivity contribution in [3.8, 4) is 12.1 Å². The number of esters is 1. The van der Waals surface area contributed by atoms with Crippen LogP contribution in [-0.2, 0) is 16.0 Å². The van der Waals surface area contributed by atoms with Crippen molar-refractivity contribution in [1.29, 1.82) is 10.5 Å². The summed E-state index contributed by atoms with van der Waals surface area (Å²) >= 11 is 0.923. The first-order chi connectivity index (χ1) is 10.6. The number of amides is 1. The first kappa shape index (κ1) is 17.5. The first-order valence-electron chi connectivity index (χ1n) is 6.64. The Bertz CT molecular complexity index is 584. The molecule has 0 saturated carbocycles. The summed E-state index contributed by atoms with van der Waals surface area (Å²) in [4.78, 5) is 25.5. The molecule has 0 aliphatic heterocycles. The van der Waals surface area contributed by atoms with E-state index in [1.54, 1.807) is 0 Å². The highest BCUT2D eigenvalue weighted by molar-refractivity contribution is 7.07. The van der Waals surface area contributed by atoms with Gasteiger partial charge in [0.15, 0.2) is 11.5 Å². The minimum atomic E-state index is -0.638. The van der Waals surface area contributed by atoms with Crippen molar-refractivity contribution in [3.63, 3.8) is 0 Å². The van der Waals surface area contributed by atoms with Crippen molar-refractivity contribution in [3.05, 3.63) is 10.6 Å². The zero-order chi connectivity index (χ0) is 16.4. The number of rotatable bonds is 8. The Kier molecular flexibility index (Phi) is 7.51. The molecule has 1 amide bonds. The SMILES string of the molecule is CCc1nnsc1C(=O)OCC(=O)N(CCC#N)CCC#N. The zero-order valence-electron chi connectivity index (χ0n) is 12.1. The molecule has 0 saturated heterocycles. The molecule has 8 nitrogen and oxygen atoms in total. The summed E-state index contributed by atoms with van der Waals surface area (Å²) in [6, 6.07) is 3.86. The van der Waals surface area contributed by atoms with Crippen LogP contribution in [0.3, 0.4) is 0 Å². The third-order valence-electron chi connectivity index (χ3n) is 2.74. The molecule has 1 heterocycles. The maximum Gasteiger partial charge on any atom is 0.352 e. The number of aromatic nitrogens is 2. The number of hydrogen-bond acceptors (Lipinski definition) is 8. The standard InChI is InChI=1S/C13H15N5O3S/c1-2-10-12(22-17-16-10)13(20)21-9-11(19)18(7-3-5-14)8-4-6-15/h2-4,7-9H2,1H3. The quantitative estimate of drug-likeness (QED) is 0.652. The predicted molar refractivity (Wildman–Crippen MR) is 76.6 cm³/mol. The molecule has 0 aliphatic rings. The van der Waals surface area contributed by atoms with Crippen molar-refractivity contribution < 1.29 is 14.3 Å². The van der Waals surface area contributed by atoms with Gasteiger partial charge in [0.05, 0.1) is 30.7 Å². The average molecular weight is 321 g/mol. The summed E-state index contributed by atoms with van der Waals surface area (Å²) in [5.41, 5.74) is 0.535. The Balaban J connectivity index is 2.56. The van der Waals surface area contributed by atoms with Crippen LogP contribution in [0.25, 0.3) is 0 Å². The van der Waals surface area contributed by atoms with E-state index < -0.39 is 18.5 Å². The molecule has 0 aliphatic carbocycles. The van der Waals surface area contributed by atoms with Gasteiger partial charge in [0.2, 0.25) is 0 Å². The van der Waals surface area contributed by atoms with Crippen LogP contribution in [0.1, 0.15) is 35.1 Å². The summed E-state index contributed by atoms with van der Waals surface area (Å²) in [6.45, 7) is 1.81. The molecule has 0 spiro atoms. The lowest BCUT2D eigenvalue weighted by Gasteiger charge is -2.19. The molecule has 116 valence electrons. The Labute approximate surface area is 132 Å². The van der Waals surface area contributed by atoms with Crippen LogP contribution in [0, 0.1) is 22.7 Å². The number of hydrogen-bond donors (Lipinski definition) is 0. The van der Waals surface area contributed by atoms with E-state index in [-0.39, 0.29) is 30.8 Å². The van der Waals surface area contributed by atoms with Crippen molar-refractivity contribution >= 4 is 23.4 Å². The molecule has 0 aromatic carbocycles. The Hall–Kier alpha value is -2.52. The van der Waals surface area contributed by atoms with Crippen LogP contribution < -0.4 is 0 Å². The maximum atomic E-state index is 12.0. The number of nitrogens with zero attached hydrogens (tertiary/aromatic N) is 5. The first-order valence-corrected chi connectivity index (χ1v) is 7.41. The summed E-state index contributed by atoms with van der Waals surface area (Å²) in [5.74, 6) is -1.07. The van der Waals surface area contributed by atoms with Gasteiger partial charge < -0.3 is 9.64 Å². The van der Waals surface area contributed by atoms with Crippen LogP contribution in [0.2, 0.25) is 0 Å². The van der Waals surface area contributed by atoms with Gasteiger partial charge in [-0.2, -0.15) is 10.5 Å². The van der Waals surface area contributed by atoms with Crippen LogP contribution in [0.15, 0.2) is 0 Å². The van der Waals surface area contributed by atoms with Crippen molar-refractivity contribution in [1.82, 2.24) is 14.5 Å². The number of nitriles is 2. The second-order valence-corrected chi connectivity index (χ2v) is 4.93. The molecule has 0 bridgehead atoms. The van der Waals surface area contributed by atoms with Crippen molar-refractivity contribution in [2.75, 3.05) is 19.7 Å². The molecule has 1 aromatic heterocycles. The predicted octanol–water partition coefficient (Wildman–Crippen LogP) is 0.913. The van der Waals surface area contributed by atoms with Gasteiger partial charge in [0.1, 0.15) is 0 Å². The van der Waals surface area contributed by atoms with Crippen LogP contribution in [-0.4, -0.2) is 46.1 Å². The highest BCUT2D eigenvalue weighted by Crippen LogP contribution is 2.12. The summed E-state index contributed by atoms with van der Waals surface area (Å²) in [5, 5.41) is 20.9. The zero-order valence-corrected chi connectivity index (χ0v) is 12.9. The minimum absolute atomic E-state index is 0.157. The second kappa shape index (κ2) is 9.42. The van der Waals surface area contributed by atoms with Gasteiger partial charge in [-0.05, 0) is 18.0 Å². The highest BCUT2D eigenvalue weighted by Gasteiger charge is 2.20. The molecule has 0 fully saturated rings. The van der Waals surface area contributed by atoms with Gasteiger partial charge in [-0.15, -0.1) is 5.10 Å². The molecule has 0 N–H and O–H groups in total. The van der Waals surface area contributed by atoms with E-state index in [9.17, 15) is 9.59 Å². The van der Waals surface area contributed by atoms with E-state index in [4.69, 9.17) is 15.3 Å². The number of ether oxygens (including phenoxy) is 1. The second-order valence-electron chi connectivity index (χ2n) is 4.18. The Morgan fingerprint density at radius 1 is 1.27 bits per heavy atom. The van der Waals surface area contributed by atoms with Crippen LogP contribution in [0.5, 0.6) is 0 Å². The van der Waals surface area contributed by atoms with E-state index in [0.717, 1.165) is 11.5 Å². The Morgan fingerprint density at radius 3 is 2.45 bits per heavy atom. The van der Waals surface area contributed by atoms with Gasteiger partial charge in [-0.3, -0.25) is 4.79 Å². The van der Waals surface area contributed by atoms with Crippen LogP contribution >= 0.6 is 11.5 Å². The van der Waals surface area contributed by atoms with E-state index in [2.05, 4.69) is 9.59 Å². The highest BCUT2D eigenvalue weighted by atomic mass is 32.1. The van der Waals surface area contributed by atoms with E-state index >= 15 is 0 Å². The van der Waals surface area contributed by atoms with Crippen LogP contribution in [0.4, 0.5) is 0 Å². The molecule has 0 radical (unpaired) electrons. The van der Waals surface area contributed by atoms with Gasteiger partial charge in [-0.25, -0.2) is 4.79 Å². The third-order valence-corrected chi connectivity index (χ3v) is 3.49. The molecule has 1 rings (SSSR count). The van der Waals surface area contributed by atoms with Crippen molar-refractivity contribution in [2.45, 2.75) is 26.2 Å². The number of carbonyl (C=O) groups excluding carboxylic acids is 2. The largest absolute Gasteiger partial charge is 0.451 e. The maximum absolute atomic E-state index is 12.0. The van der Waals surface area contributed by atoms with E-state index in [0.29, 0.717) is 12.1 Å². The smallest absolute Gasteiger partial charge is 0.352 e. The molecular weight excluding hydrogens is 306 g/mol. The Morgan fingerprint density at radius 2 is 1.91 bits per heavy atom. The van der Waals surface area contributed by atoms with Gasteiger partial charge >= 0.3 is 5.97 Å². The lowest BCUT2D eigenvalue weighted by Crippen LogP contribution is -2.36. The molecule has 9 heteroatoms. The van der Waals surface area contributed by atoms with Gasteiger partial charge in [-0.1, -0.05) is 11.4 Å². The molecule has 22 heavy (non-hydrogen) atoms. The summed E-state index contributed by atoms with van der Waals surface area (Å²) in [6.07, 6.45) is 0.860. The van der Waals surface area contributed by atoms with Gasteiger partial charge in [0.25, 0.3) is 5.91 Å². The van der Waals surface area contributed by atoms with Gasteiger partial charge in [0, 0.05) is 13.1 Å². The monoisotopic (exact) mass is 321 g/mol. The molecule has 0 unspecified atom stereocenters. The van der Waals surface area contributed by atoms with E-state index in [1.165, 1.54) is 4.90 Å². The topological polar surface area (TPSA) is 120 Å². The lowest BCUT2D eigenvalue weighted by molar-refractivity contribution is -0.134. The minimum Gasteiger partial charge on any atom is -0.451 e. The van der Waals surface area contributed by atoms with Crippen molar-refractivity contribution in [2.24, 2.45) is 0 Å². The molecular formula is C13H15N5O3S. The average Bonchev–Trinajstić information content (AvgIpc) is 3.01. The summed E-state index contributed by atoms with van der Waals surface area (Å²) < 4.78 is 8.65. The fourth-order valence-corrected chi connectivity index (χ4v) is 2.26. The summed E-state index contributed by atoms with van der Waals surface area (Å²) in [7, 11) is 0. The normalized spacial score (nSPS) is 9.59. The number of aryl methyl sites for hydroxylation is 1. The third kappa shape index (κ3) is 5.11. The molecule has 1 aromatic rings.